The van der Waals surface area contributed by atoms with Gasteiger partial charge in [0.25, 0.3) is 0 Å². The second-order valence-electron chi connectivity index (χ2n) is 9.44. The maximum absolute atomic E-state index is 11.9. The van der Waals surface area contributed by atoms with Crippen LogP contribution in [0.2, 0.25) is 0 Å². The zero-order valence-corrected chi connectivity index (χ0v) is 22.2. The van der Waals surface area contributed by atoms with Crippen LogP contribution in [0.25, 0.3) is 0 Å². The van der Waals surface area contributed by atoms with E-state index in [2.05, 4.69) is 30.6 Å². The first-order chi connectivity index (χ1) is 17.2. The molecule has 0 unspecified atom stereocenters. The number of benzene rings is 1. The van der Waals surface area contributed by atoms with Crippen molar-refractivity contribution < 1.29 is 14.6 Å². The summed E-state index contributed by atoms with van der Waals surface area (Å²) in [4.78, 5) is 11.9. The van der Waals surface area contributed by atoms with Crippen LogP contribution in [-0.4, -0.2) is 17.7 Å². The van der Waals surface area contributed by atoms with E-state index in [-0.39, 0.29) is 11.7 Å². The van der Waals surface area contributed by atoms with Gasteiger partial charge in [-0.3, -0.25) is 0 Å². The minimum absolute atomic E-state index is 0.150. The highest BCUT2D eigenvalue weighted by atomic mass is 16.5. The number of hydrogen-bond acceptors (Lipinski definition) is 3. The Balaban J connectivity index is 1.82. The van der Waals surface area contributed by atoms with Crippen molar-refractivity contribution in [3.05, 3.63) is 29.8 Å². The van der Waals surface area contributed by atoms with Gasteiger partial charge in [-0.1, -0.05) is 109 Å². The van der Waals surface area contributed by atoms with Gasteiger partial charge in [-0.15, -0.1) is 0 Å². The number of carbonyl (C=O) groups excluding carboxylic acids is 1. The number of esters is 1. The van der Waals surface area contributed by atoms with E-state index in [4.69, 9.17) is 4.74 Å². The molecular formula is C32H48O3. The second-order valence-corrected chi connectivity index (χ2v) is 9.44. The fraction of sp³-hybridized carbons (Fsp3) is 0.656. The van der Waals surface area contributed by atoms with Crippen LogP contribution in [0.1, 0.15) is 139 Å². The van der Waals surface area contributed by atoms with Gasteiger partial charge in [0, 0.05) is 12.8 Å². The highest BCUT2D eigenvalue weighted by Crippen LogP contribution is 2.13. The van der Waals surface area contributed by atoms with E-state index < -0.39 is 0 Å². The SMILES string of the molecule is CCCCCCCCCCCCC#CC#CCCCCCCCCCOC(=O)c1ccc(O)cc1. The molecule has 0 aromatic heterocycles. The highest BCUT2D eigenvalue weighted by molar-refractivity contribution is 5.89. The molecule has 0 saturated heterocycles. The molecule has 0 bridgehead atoms. The Morgan fingerprint density at radius 1 is 0.657 bits per heavy atom. The number of rotatable bonds is 20. The first-order valence-corrected chi connectivity index (χ1v) is 14.2. The Morgan fingerprint density at radius 2 is 1.09 bits per heavy atom. The summed E-state index contributed by atoms with van der Waals surface area (Å²) in [6.45, 7) is 2.73. The standard InChI is InChI=1S/C32H48O3/c1-2-3-4-5-6-7-8-9-10-11-12-13-14-15-16-17-18-19-20-21-22-23-24-29-35-32(34)30-25-27-31(33)28-26-30/h25-28,33H,2-12,17-24,29H2,1H3. The Hall–Kier alpha value is -2.39. The van der Waals surface area contributed by atoms with E-state index in [1.807, 2.05) is 0 Å². The van der Waals surface area contributed by atoms with E-state index in [0.717, 1.165) is 32.1 Å². The molecule has 1 aromatic rings. The molecule has 0 amide bonds. The molecular weight excluding hydrogens is 432 g/mol. The van der Waals surface area contributed by atoms with Crippen LogP contribution in [0.3, 0.4) is 0 Å². The Bertz CT molecular complexity index is 758. The van der Waals surface area contributed by atoms with Crippen molar-refractivity contribution in [1.29, 1.82) is 0 Å². The van der Waals surface area contributed by atoms with Gasteiger partial charge in [-0.2, -0.15) is 0 Å². The molecule has 0 heterocycles. The number of phenolic OH excluding ortho intramolecular Hbond substituents is 1. The lowest BCUT2D eigenvalue weighted by molar-refractivity contribution is 0.0497. The number of unbranched alkanes of at least 4 members (excludes halogenated alkanes) is 17. The third-order valence-corrected chi connectivity index (χ3v) is 6.18. The average Bonchev–Trinajstić information content (AvgIpc) is 2.87. The van der Waals surface area contributed by atoms with Crippen LogP contribution in [0.4, 0.5) is 0 Å². The molecule has 1 aromatic carbocycles. The molecule has 0 saturated carbocycles. The lowest BCUT2D eigenvalue weighted by atomic mass is 10.1. The van der Waals surface area contributed by atoms with Crippen LogP contribution in [0, 0.1) is 23.7 Å². The van der Waals surface area contributed by atoms with E-state index in [1.54, 1.807) is 12.1 Å². The first-order valence-electron chi connectivity index (χ1n) is 14.2. The number of carbonyl (C=O) groups is 1. The maximum atomic E-state index is 11.9. The largest absolute Gasteiger partial charge is 0.508 e. The number of phenols is 1. The van der Waals surface area contributed by atoms with Gasteiger partial charge in [0.05, 0.1) is 12.2 Å². The minimum atomic E-state index is -0.324. The molecule has 3 heteroatoms. The normalized spacial score (nSPS) is 10.2. The predicted molar refractivity (Wildman–Crippen MR) is 147 cm³/mol. The predicted octanol–water partition coefficient (Wildman–Crippen LogP) is 8.99. The lowest BCUT2D eigenvalue weighted by Gasteiger charge is -2.05. The summed E-state index contributed by atoms with van der Waals surface area (Å²) in [6, 6.07) is 6.15. The Morgan fingerprint density at radius 3 is 1.57 bits per heavy atom. The molecule has 0 radical (unpaired) electrons. The second kappa shape index (κ2) is 23.4. The minimum Gasteiger partial charge on any atom is -0.508 e. The van der Waals surface area contributed by atoms with Crippen LogP contribution >= 0.6 is 0 Å². The first kappa shape index (κ1) is 30.6. The smallest absolute Gasteiger partial charge is 0.338 e. The zero-order chi connectivity index (χ0) is 25.2. The molecule has 0 atom stereocenters. The molecule has 0 spiro atoms. The highest BCUT2D eigenvalue weighted by Gasteiger charge is 2.06. The summed E-state index contributed by atoms with van der Waals surface area (Å²) in [5.41, 5.74) is 0.478. The van der Waals surface area contributed by atoms with Crippen LogP contribution < -0.4 is 0 Å². The molecule has 0 aliphatic carbocycles. The molecule has 0 fully saturated rings. The molecule has 1 rings (SSSR count). The summed E-state index contributed by atoms with van der Waals surface area (Å²) in [6.07, 6.45) is 23.6. The van der Waals surface area contributed by atoms with Gasteiger partial charge in [-0.25, -0.2) is 4.79 Å². The van der Waals surface area contributed by atoms with Crippen molar-refractivity contribution in [2.24, 2.45) is 0 Å². The monoisotopic (exact) mass is 480 g/mol. The van der Waals surface area contributed by atoms with Crippen molar-refractivity contribution in [3.8, 4) is 29.4 Å². The number of hydrogen-bond donors (Lipinski definition) is 1. The average molecular weight is 481 g/mol. The Kier molecular flexibility index (Phi) is 20.4. The van der Waals surface area contributed by atoms with Gasteiger partial charge >= 0.3 is 5.97 Å². The summed E-state index contributed by atoms with van der Waals surface area (Å²) in [5, 5.41) is 9.24. The maximum Gasteiger partial charge on any atom is 0.338 e. The van der Waals surface area contributed by atoms with Crippen molar-refractivity contribution in [2.45, 2.75) is 129 Å². The summed E-state index contributed by atoms with van der Waals surface area (Å²) < 4.78 is 5.27. The van der Waals surface area contributed by atoms with Crippen LogP contribution in [0.15, 0.2) is 24.3 Å². The van der Waals surface area contributed by atoms with Crippen LogP contribution in [0.5, 0.6) is 5.75 Å². The summed E-state index contributed by atoms with van der Waals surface area (Å²) in [7, 11) is 0. The molecule has 35 heavy (non-hydrogen) atoms. The van der Waals surface area contributed by atoms with Gasteiger partial charge < -0.3 is 9.84 Å². The molecule has 3 nitrogen and oxygen atoms in total. The van der Waals surface area contributed by atoms with Gasteiger partial charge in [0.1, 0.15) is 5.75 Å². The third kappa shape index (κ3) is 19.6. The van der Waals surface area contributed by atoms with Gasteiger partial charge in [0.15, 0.2) is 0 Å². The molecule has 194 valence electrons. The van der Waals surface area contributed by atoms with E-state index in [1.165, 1.54) is 102 Å². The zero-order valence-electron chi connectivity index (χ0n) is 22.2. The number of aromatic hydroxyl groups is 1. The quantitative estimate of drug-likeness (QED) is 0.115. The van der Waals surface area contributed by atoms with Gasteiger partial charge in [-0.05, 0) is 55.4 Å². The fourth-order valence-corrected chi connectivity index (χ4v) is 3.96. The molecule has 0 aliphatic heterocycles. The lowest BCUT2D eigenvalue weighted by Crippen LogP contribution is -2.06. The van der Waals surface area contributed by atoms with Crippen molar-refractivity contribution in [2.75, 3.05) is 6.61 Å². The molecule has 1 N–H and O–H groups in total. The topological polar surface area (TPSA) is 46.5 Å². The van der Waals surface area contributed by atoms with E-state index >= 15 is 0 Å². The van der Waals surface area contributed by atoms with E-state index in [0.29, 0.717) is 12.2 Å². The van der Waals surface area contributed by atoms with Gasteiger partial charge in [0.2, 0.25) is 0 Å². The van der Waals surface area contributed by atoms with Crippen molar-refractivity contribution in [1.82, 2.24) is 0 Å². The van der Waals surface area contributed by atoms with Crippen molar-refractivity contribution in [3.63, 3.8) is 0 Å². The molecule has 0 aliphatic rings. The summed E-state index contributed by atoms with van der Waals surface area (Å²) in [5.74, 6) is 12.2. The Labute approximate surface area is 215 Å². The van der Waals surface area contributed by atoms with E-state index in [9.17, 15) is 9.90 Å². The van der Waals surface area contributed by atoms with Crippen molar-refractivity contribution >= 4 is 5.97 Å². The van der Waals surface area contributed by atoms with Crippen LogP contribution in [-0.2, 0) is 4.74 Å². The number of ether oxygens (including phenoxy) is 1. The fourth-order valence-electron chi connectivity index (χ4n) is 3.96. The summed E-state index contributed by atoms with van der Waals surface area (Å²) >= 11 is 0. The third-order valence-electron chi connectivity index (χ3n) is 6.18.